The van der Waals surface area contributed by atoms with Crippen LogP contribution in [0.5, 0.6) is 0 Å². The monoisotopic (exact) mass is 461 g/mol. The van der Waals surface area contributed by atoms with Gasteiger partial charge in [0.1, 0.15) is 18.2 Å². The quantitative estimate of drug-likeness (QED) is 0.404. The topological polar surface area (TPSA) is 86.3 Å². The maximum atomic E-state index is 13.7. The normalized spacial score (nSPS) is 15.0. The van der Waals surface area contributed by atoms with Gasteiger partial charge < -0.3 is 9.67 Å². The molecule has 0 radical (unpaired) electrons. The van der Waals surface area contributed by atoms with Gasteiger partial charge in [0.2, 0.25) is 0 Å². The van der Waals surface area contributed by atoms with Crippen molar-refractivity contribution in [2.24, 2.45) is 0 Å². The van der Waals surface area contributed by atoms with Crippen molar-refractivity contribution in [3.8, 4) is 6.07 Å². The van der Waals surface area contributed by atoms with E-state index in [0.29, 0.717) is 5.56 Å². The third kappa shape index (κ3) is 4.09. The number of aryl methyl sites for hydroxylation is 1. The van der Waals surface area contributed by atoms with Gasteiger partial charge >= 0.3 is 5.97 Å². The Hall–Kier alpha value is -4.63. The Morgan fingerprint density at radius 3 is 2.80 bits per heavy atom. The second-order valence-corrected chi connectivity index (χ2v) is 8.68. The van der Waals surface area contributed by atoms with E-state index in [1.54, 1.807) is 23.0 Å². The third-order valence-electron chi connectivity index (χ3n) is 6.34. The number of aromatic nitrogens is 1. The van der Waals surface area contributed by atoms with Crippen LogP contribution >= 0.6 is 0 Å². The van der Waals surface area contributed by atoms with Gasteiger partial charge in [-0.1, -0.05) is 42.5 Å². The standard InChI is InChI=1S/C29H23N3O3/c1-19-10-11-24-22(17-31(18-28(33)34)27(24)14-19)15-21(16-30)29(35)32-13-12-20-6-2-3-7-23(20)25-8-4-5-9-26(25)32/h2,4-6,8-15,17H,3,7,18H2,1H3,(H,33,34)/b21-15+. The highest BCUT2D eigenvalue weighted by atomic mass is 16.4. The molecule has 0 unspecified atom stereocenters. The van der Waals surface area contributed by atoms with Crippen LogP contribution in [0.3, 0.4) is 0 Å². The van der Waals surface area contributed by atoms with Crippen LogP contribution in [-0.4, -0.2) is 21.6 Å². The Morgan fingerprint density at radius 2 is 2.00 bits per heavy atom. The van der Waals surface area contributed by atoms with Crippen LogP contribution in [0.15, 0.2) is 84.2 Å². The number of benzene rings is 2. The predicted molar refractivity (Wildman–Crippen MR) is 136 cm³/mol. The molecule has 6 nitrogen and oxygen atoms in total. The molecule has 0 atom stereocenters. The molecule has 1 N–H and O–H groups in total. The SMILES string of the molecule is Cc1ccc2c(/C=C(\C#N)C(=O)N3C=CC4=C(CCC=C4)c4ccccc43)cn(CC(=O)O)c2c1. The number of nitrogens with zero attached hydrogens (tertiary/aromatic N) is 3. The molecule has 6 heteroatoms. The minimum atomic E-state index is -0.965. The molecule has 0 spiro atoms. The number of aliphatic carboxylic acids is 1. The molecule has 1 aromatic heterocycles. The van der Waals surface area contributed by atoms with Crippen molar-refractivity contribution in [1.29, 1.82) is 5.26 Å². The highest BCUT2D eigenvalue weighted by molar-refractivity contribution is 6.14. The average Bonchev–Trinajstić information content (AvgIpc) is 3.08. The molecule has 1 aliphatic heterocycles. The fourth-order valence-corrected chi connectivity index (χ4v) is 4.73. The fourth-order valence-electron chi connectivity index (χ4n) is 4.73. The molecule has 0 fully saturated rings. The van der Waals surface area contributed by atoms with E-state index in [0.717, 1.165) is 46.1 Å². The Labute approximate surface area is 203 Å². The van der Waals surface area contributed by atoms with Crippen LogP contribution < -0.4 is 4.90 Å². The molecule has 35 heavy (non-hydrogen) atoms. The van der Waals surface area contributed by atoms with E-state index in [-0.39, 0.29) is 12.1 Å². The molecular formula is C29H23N3O3. The van der Waals surface area contributed by atoms with Gasteiger partial charge in [-0.15, -0.1) is 0 Å². The van der Waals surface area contributed by atoms with Gasteiger partial charge in [-0.3, -0.25) is 14.5 Å². The summed E-state index contributed by atoms with van der Waals surface area (Å²) in [6, 6.07) is 15.5. The number of allylic oxidation sites excluding steroid dienone is 5. The minimum Gasteiger partial charge on any atom is -0.480 e. The van der Waals surface area contributed by atoms with Gasteiger partial charge in [0.15, 0.2) is 0 Å². The number of carboxylic acids is 1. The van der Waals surface area contributed by atoms with E-state index >= 15 is 0 Å². The molecular weight excluding hydrogens is 438 g/mol. The number of carboxylic acid groups (broad SMARTS) is 1. The first kappa shape index (κ1) is 22.2. The van der Waals surface area contributed by atoms with E-state index in [2.05, 4.69) is 18.2 Å². The zero-order valence-corrected chi connectivity index (χ0v) is 19.2. The fraction of sp³-hybridized carbons (Fsp3) is 0.138. The van der Waals surface area contributed by atoms with Crippen molar-refractivity contribution in [1.82, 2.24) is 4.57 Å². The second kappa shape index (κ2) is 8.96. The number of carbonyl (C=O) groups is 2. The first-order valence-electron chi connectivity index (χ1n) is 11.4. The number of amides is 1. The third-order valence-corrected chi connectivity index (χ3v) is 6.34. The van der Waals surface area contributed by atoms with E-state index in [4.69, 9.17) is 0 Å². The van der Waals surface area contributed by atoms with Crippen LogP contribution in [0.2, 0.25) is 0 Å². The zero-order chi connectivity index (χ0) is 24.5. The van der Waals surface area contributed by atoms with E-state index in [1.807, 2.05) is 55.5 Å². The maximum Gasteiger partial charge on any atom is 0.323 e. The summed E-state index contributed by atoms with van der Waals surface area (Å²) < 4.78 is 1.63. The van der Waals surface area contributed by atoms with Crippen LogP contribution in [0.4, 0.5) is 5.69 Å². The van der Waals surface area contributed by atoms with Crippen molar-refractivity contribution in [2.45, 2.75) is 26.3 Å². The van der Waals surface area contributed by atoms with Gasteiger partial charge in [-0.25, -0.2) is 0 Å². The number of rotatable bonds is 4. The van der Waals surface area contributed by atoms with Crippen molar-refractivity contribution >= 4 is 40.1 Å². The van der Waals surface area contributed by atoms with E-state index in [1.165, 1.54) is 10.5 Å². The van der Waals surface area contributed by atoms with E-state index < -0.39 is 11.9 Å². The zero-order valence-electron chi connectivity index (χ0n) is 19.2. The molecule has 5 rings (SSSR count). The Balaban J connectivity index is 1.59. The summed E-state index contributed by atoms with van der Waals surface area (Å²) in [4.78, 5) is 26.6. The molecule has 0 saturated heterocycles. The largest absolute Gasteiger partial charge is 0.480 e. The minimum absolute atomic E-state index is 0.0326. The summed E-state index contributed by atoms with van der Waals surface area (Å²) >= 11 is 0. The van der Waals surface area contributed by atoms with Crippen LogP contribution in [0, 0.1) is 18.3 Å². The number of hydrogen-bond donors (Lipinski definition) is 1. The van der Waals surface area contributed by atoms with E-state index in [9.17, 15) is 20.0 Å². The molecule has 1 amide bonds. The predicted octanol–water partition coefficient (Wildman–Crippen LogP) is 5.61. The average molecular weight is 462 g/mol. The Morgan fingerprint density at radius 1 is 1.17 bits per heavy atom. The summed E-state index contributed by atoms with van der Waals surface area (Å²) in [7, 11) is 0. The van der Waals surface area contributed by atoms with Crippen molar-refractivity contribution in [3.63, 3.8) is 0 Å². The van der Waals surface area contributed by atoms with Crippen molar-refractivity contribution < 1.29 is 14.7 Å². The summed E-state index contributed by atoms with van der Waals surface area (Å²) in [5.74, 6) is -1.40. The molecule has 172 valence electrons. The summed E-state index contributed by atoms with van der Waals surface area (Å²) in [5.41, 5.74) is 6.29. The molecule has 3 aromatic rings. The molecule has 1 aliphatic carbocycles. The lowest BCUT2D eigenvalue weighted by molar-refractivity contribution is -0.137. The Kier molecular flexibility index (Phi) is 5.68. The number of para-hydroxylation sites is 1. The summed E-state index contributed by atoms with van der Waals surface area (Å²) in [6.45, 7) is 1.72. The first-order valence-corrected chi connectivity index (χ1v) is 11.4. The number of nitriles is 1. The van der Waals surface area contributed by atoms with Crippen LogP contribution in [-0.2, 0) is 16.1 Å². The summed E-state index contributed by atoms with van der Waals surface area (Å²) in [5, 5.41) is 20.1. The lowest BCUT2D eigenvalue weighted by Crippen LogP contribution is -2.26. The van der Waals surface area contributed by atoms with Crippen molar-refractivity contribution in [2.75, 3.05) is 4.90 Å². The second-order valence-electron chi connectivity index (χ2n) is 8.68. The first-order chi connectivity index (χ1) is 17.0. The highest BCUT2D eigenvalue weighted by Gasteiger charge is 2.25. The number of hydrogen-bond acceptors (Lipinski definition) is 3. The summed E-state index contributed by atoms with van der Waals surface area (Å²) in [6.07, 6.45) is 12.9. The van der Waals surface area contributed by atoms with Gasteiger partial charge in [-0.2, -0.15) is 5.26 Å². The van der Waals surface area contributed by atoms with Crippen LogP contribution in [0.1, 0.15) is 29.5 Å². The van der Waals surface area contributed by atoms with Gasteiger partial charge in [0.05, 0.1) is 5.69 Å². The number of anilines is 1. The molecule has 2 heterocycles. The number of fused-ring (bicyclic) bond motifs is 3. The lowest BCUT2D eigenvalue weighted by atomic mass is 9.91. The van der Waals surface area contributed by atoms with Gasteiger partial charge in [-0.05, 0) is 60.8 Å². The molecule has 2 aliphatic rings. The maximum absolute atomic E-state index is 13.7. The highest BCUT2D eigenvalue weighted by Crippen LogP contribution is 2.38. The molecule has 0 saturated carbocycles. The van der Waals surface area contributed by atoms with Crippen LogP contribution in [0.25, 0.3) is 22.6 Å². The Bertz CT molecular complexity index is 1540. The van der Waals surface area contributed by atoms with Crippen molar-refractivity contribution in [3.05, 3.63) is 101 Å². The van der Waals surface area contributed by atoms with Gasteiger partial charge in [0, 0.05) is 34.4 Å². The lowest BCUT2D eigenvalue weighted by Gasteiger charge is -2.21. The smallest absolute Gasteiger partial charge is 0.323 e. The number of carbonyl (C=O) groups excluding carboxylic acids is 1. The van der Waals surface area contributed by atoms with Gasteiger partial charge in [0.25, 0.3) is 5.91 Å². The molecule has 2 aromatic carbocycles. The molecule has 0 bridgehead atoms.